The summed E-state index contributed by atoms with van der Waals surface area (Å²) in [4.78, 5) is 2.47. The molecule has 1 fully saturated rings. The zero-order valence-electron chi connectivity index (χ0n) is 14.9. The molecule has 0 aromatic heterocycles. The fraction of sp³-hybridized carbons (Fsp3) is 0.700. The number of hydrogen-bond donors (Lipinski definition) is 0. The molecule has 0 radical (unpaired) electrons. The molecule has 2 aliphatic rings. The normalized spacial score (nSPS) is 31.0. The minimum Gasteiger partial charge on any atom is -0.497 e. The summed E-state index contributed by atoms with van der Waals surface area (Å²) in [6.45, 7) is 4.86. The van der Waals surface area contributed by atoms with Gasteiger partial charge in [0.1, 0.15) is 5.75 Å². The van der Waals surface area contributed by atoms with Gasteiger partial charge in [0.15, 0.2) is 0 Å². The van der Waals surface area contributed by atoms with E-state index in [9.17, 15) is 0 Å². The van der Waals surface area contributed by atoms with Crippen molar-refractivity contribution in [1.82, 2.24) is 4.90 Å². The molecule has 122 valence electrons. The van der Waals surface area contributed by atoms with Gasteiger partial charge < -0.3 is 9.64 Å². The molecule has 2 nitrogen and oxygen atoms in total. The van der Waals surface area contributed by atoms with Crippen LogP contribution in [0.4, 0.5) is 0 Å². The summed E-state index contributed by atoms with van der Waals surface area (Å²) in [5.41, 5.74) is 3.46. The lowest BCUT2D eigenvalue weighted by Crippen LogP contribution is -2.55. The van der Waals surface area contributed by atoms with Gasteiger partial charge in [0.05, 0.1) is 7.11 Å². The first-order valence-electron chi connectivity index (χ1n) is 8.84. The number of nitrogens with zero attached hydrogens (tertiary/aromatic N) is 1. The van der Waals surface area contributed by atoms with Crippen LogP contribution in [-0.2, 0) is 11.8 Å². The second-order valence-corrected chi connectivity index (χ2v) is 7.81. The molecule has 0 N–H and O–H groups in total. The first kappa shape index (κ1) is 15.9. The molecule has 2 heteroatoms. The van der Waals surface area contributed by atoms with Crippen molar-refractivity contribution in [1.29, 1.82) is 0 Å². The largest absolute Gasteiger partial charge is 0.497 e. The Hall–Kier alpha value is -1.02. The highest BCUT2D eigenvalue weighted by Crippen LogP contribution is 2.55. The van der Waals surface area contributed by atoms with Gasteiger partial charge in [-0.2, -0.15) is 0 Å². The zero-order valence-corrected chi connectivity index (χ0v) is 14.9. The lowest BCUT2D eigenvalue weighted by atomic mass is 9.51. The Labute approximate surface area is 135 Å². The van der Waals surface area contributed by atoms with Gasteiger partial charge >= 0.3 is 0 Å². The van der Waals surface area contributed by atoms with Crippen LogP contribution >= 0.6 is 0 Å². The number of benzene rings is 1. The molecule has 0 spiro atoms. The van der Waals surface area contributed by atoms with Crippen molar-refractivity contribution in [3.8, 4) is 5.75 Å². The zero-order chi connectivity index (χ0) is 15.9. The Kier molecular flexibility index (Phi) is 4.24. The summed E-state index contributed by atoms with van der Waals surface area (Å²) < 4.78 is 5.55. The van der Waals surface area contributed by atoms with E-state index in [1.165, 1.54) is 32.1 Å². The fourth-order valence-corrected chi connectivity index (χ4v) is 5.33. The van der Waals surface area contributed by atoms with E-state index in [4.69, 9.17) is 4.74 Å². The smallest absolute Gasteiger partial charge is 0.119 e. The summed E-state index contributed by atoms with van der Waals surface area (Å²) in [5, 5.41) is 0. The molecule has 1 aromatic rings. The second kappa shape index (κ2) is 5.88. The maximum atomic E-state index is 5.55. The van der Waals surface area contributed by atoms with Crippen LogP contribution in [0.5, 0.6) is 5.75 Å². The van der Waals surface area contributed by atoms with Crippen molar-refractivity contribution in [2.75, 3.05) is 21.2 Å². The molecule has 3 atom stereocenters. The summed E-state index contributed by atoms with van der Waals surface area (Å²) in [6, 6.07) is 7.48. The van der Waals surface area contributed by atoms with Crippen molar-refractivity contribution >= 4 is 0 Å². The lowest BCUT2D eigenvalue weighted by Gasteiger charge is -2.56. The first-order valence-corrected chi connectivity index (χ1v) is 8.84. The Morgan fingerprint density at radius 1 is 1.23 bits per heavy atom. The average Bonchev–Trinajstić information content (AvgIpc) is 2.53. The molecule has 0 amide bonds. The number of methoxy groups -OCH3 is 1. The van der Waals surface area contributed by atoms with Gasteiger partial charge in [0.25, 0.3) is 0 Å². The highest BCUT2D eigenvalue weighted by molar-refractivity contribution is 5.45. The van der Waals surface area contributed by atoms with Crippen LogP contribution in [0.15, 0.2) is 18.2 Å². The van der Waals surface area contributed by atoms with E-state index < -0.39 is 0 Å². The van der Waals surface area contributed by atoms with Crippen molar-refractivity contribution in [2.24, 2.45) is 11.8 Å². The molecule has 0 bridgehead atoms. The van der Waals surface area contributed by atoms with Crippen molar-refractivity contribution < 1.29 is 4.74 Å². The molecular weight excluding hydrogens is 270 g/mol. The SMILES string of the molecule is COc1ccc2c(c1)[C@]1(C(C)C)CCCCC1[C@@H](N(C)C)C2. The highest BCUT2D eigenvalue weighted by atomic mass is 16.5. The standard InChI is InChI=1S/C20H31NO/c1-14(2)20-11-7-6-8-17(20)19(21(3)4)12-15-9-10-16(22-5)13-18(15)20/h9-10,13-14,17,19H,6-8,11-12H2,1-5H3/t17?,19-,20-/m0/s1. The minimum atomic E-state index is 0.329. The van der Waals surface area contributed by atoms with Crippen LogP contribution < -0.4 is 4.74 Å². The van der Waals surface area contributed by atoms with E-state index in [-0.39, 0.29) is 0 Å². The Balaban J connectivity index is 2.18. The summed E-state index contributed by atoms with van der Waals surface area (Å²) in [7, 11) is 6.31. The molecule has 3 rings (SSSR count). The molecule has 0 heterocycles. The minimum absolute atomic E-state index is 0.329. The summed E-state index contributed by atoms with van der Waals surface area (Å²) in [6.07, 6.45) is 6.65. The van der Waals surface area contributed by atoms with E-state index in [1.54, 1.807) is 18.2 Å². The van der Waals surface area contributed by atoms with Gasteiger partial charge in [-0.3, -0.25) is 0 Å². The maximum absolute atomic E-state index is 5.55. The third kappa shape index (κ3) is 2.27. The lowest BCUT2D eigenvalue weighted by molar-refractivity contribution is 0.0405. The van der Waals surface area contributed by atoms with Crippen LogP contribution in [0.1, 0.15) is 50.7 Å². The van der Waals surface area contributed by atoms with Gasteiger partial charge in [0.2, 0.25) is 0 Å². The Morgan fingerprint density at radius 2 is 2.00 bits per heavy atom. The summed E-state index contributed by atoms with van der Waals surface area (Å²) >= 11 is 0. The van der Waals surface area contributed by atoms with Crippen LogP contribution in [0, 0.1) is 11.8 Å². The Morgan fingerprint density at radius 3 is 2.64 bits per heavy atom. The average molecular weight is 301 g/mol. The second-order valence-electron chi connectivity index (χ2n) is 7.81. The molecule has 1 aromatic carbocycles. The number of rotatable bonds is 3. The van der Waals surface area contributed by atoms with Crippen LogP contribution in [-0.4, -0.2) is 32.1 Å². The van der Waals surface area contributed by atoms with Gasteiger partial charge in [-0.25, -0.2) is 0 Å². The molecular formula is C20H31NO. The highest BCUT2D eigenvalue weighted by Gasteiger charge is 2.51. The van der Waals surface area contributed by atoms with Gasteiger partial charge in [0, 0.05) is 11.5 Å². The number of fused-ring (bicyclic) bond motifs is 3. The third-order valence-electron chi connectivity index (χ3n) is 6.42. The van der Waals surface area contributed by atoms with E-state index >= 15 is 0 Å². The fourth-order valence-electron chi connectivity index (χ4n) is 5.33. The van der Waals surface area contributed by atoms with E-state index in [0.717, 1.165) is 11.7 Å². The number of likely N-dealkylation sites (N-methyl/N-ethyl adjacent to an activating group) is 1. The Bertz CT molecular complexity index is 537. The molecule has 1 saturated carbocycles. The monoisotopic (exact) mass is 301 g/mol. The van der Waals surface area contributed by atoms with Crippen molar-refractivity contribution in [2.45, 2.75) is 57.4 Å². The van der Waals surface area contributed by atoms with E-state index in [2.05, 4.69) is 51.0 Å². The van der Waals surface area contributed by atoms with Crippen LogP contribution in [0.3, 0.4) is 0 Å². The maximum Gasteiger partial charge on any atom is 0.119 e. The summed E-state index contributed by atoms with van der Waals surface area (Å²) in [5.74, 6) is 2.47. The van der Waals surface area contributed by atoms with Gasteiger partial charge in [-0.15, -0.1) is 0 Å². The number of ether oxygens (including phenoxy) is 1. The van der Waals surface area contributed by atoms with E-state index in [1.807, 2.05) is 0 Å². The predicted molar refractivity (Wildman–Crippen MR) is 92.6 cm³/mol. The molecule has 0 saturated heterocycles. The predicted octanol–water partition coefficient (Wildman–Crippen LogP) is 4.27. The first-order chi connectivity index (χ1) is 10.5. The topological polar surface area (TPSA) is 12.5 Å². The van der Waals surface area contributed by atoms with Gasteiger partial charge in [-0.1, -0.05) is 32.8 Å². The van der Waals surface area contributed by atoms with Crippen LogP contribution in [0.25, 0.3) is 0 Å². The van der Waals surface area contributed by atoms with Crippen LogP contribution in [0.2, 0.25) is 0 Å². The molecule has 0 aliphatic heterocycles. The van der Waals surface area contributed by atoms with E-state index in [0.29, 0.717) is 17.4 Å². The van der Waals surface area contributed by atoms with Gasteiger partial charge in [-0.05, 0) is 68.5 Å². The molecule has 1 unspecified atom stereocenters. The third-order valence-corrected chi connectivity index (χ3v) is 6.42. The molecule has 22 heavy (non-hydrogen) atoms. The van der Waals surface area contributed by atoms with Crippen molar-refractivity contribution in [3.05, 3.63) is 29.3 Å². The molecule has 2 aliphatic carbocycles. The quantitative estimate of drug-likeness (QED) is 0.827. The van der Waals surface area contributed by atoms with Crippen molar-refractivity contribution in [3.63, 3.8) is 0 Å². The number of hydrogen-bond acceptors (Lipinski definition) is 2.